The number of halogens is 2. The topological polar surface area (TPSA) is 0 Å². The van der Waals surface area contributed by atoms with E-state index in [-0.39, 0.29) is 24.8 Å². The van der Waals surface area contributed by atoms with E-state index >= 15 is 0 Å². The van der Waals surface area contributed by atoms with E-state index in [0.29, 0.717) is 11.8 Å². The molecule has 109 valence electrons. The van der Waals surface area contributed by atoms with Crippen molar-refractivity contribution in [3.63, 3.8) is 0 Å². The Labute approximate surface area is 159 Å². The van der Waals surface area contributed by atoms with Crippen molar-refractivity contribution in [3.05, 3.63) is 82.9 Å². The fraction of sp³-hybridized carbons (Fsp3) is 0.158. The van der Waals surface area contributed by atoms with Gasteiger partial charge in [0.2, 0.25) is 0 Å². The number of hydrogen-bond donors (Lipinski definition) is 0. The van der Waals surface area contributed by atoms with Crippen molar-refractivity contribution >= 4 is 12.2 Å². The van der Waals surface area contributed by atoms with Gasteiger partial charge in [0.15, 0.2) is 0 Å². The molecule has 2 atom stereocenters. The van der Waals surface area contributed by atoms with E-state index in [4.69, 9.17) is 0 Å². The molecule has 0 nitrogen and oxygen atoms in total. The van der Waals surface area contributed by atoms with Gasteiger partial charge < -0.3 is 24.8 Å². The second-order valence-electron chi connectivity index (χ2n) is 5.55. The molecule has 0 bridgehead atoms. The molecular formula is C19H15Cl2Hf. The third kappa shape index (κ3) is 2.91. The zero-order chi connectivity index (χ0) is 13.5. The Morgan fingerprint density at radius 3 is 1.55 bits per heavy atom. The summed E-state index contributed by atoms with van der Waals surface area (Å²) in [6.45, 7) is 0. The second kappa shape index (κ2) is 7.29. The van der Waals surface area contributed by atoms with E-state index in [1.165, 1.54) is 46.6 Å². The monoisotopic (exact) mass is 493 g/mol. The van der Waals surface area contributed by atoms with Crippen molar-refractivity contribution in [2.75, 3.05) is 0 Å². The van der Waals surface area contributed by atoms with E-state index in [1.54, 1.807) is 0 Å². The molecule has 2 aromatic carbocycles. The van der Waals surface area contributed by atoms with Gasteiger partial charge in [-0.25, -0.2) is 0 Å². The summed E-state index contributed by atoms with van der Waals surface area (Å²) in [6.07, 6.45) is 9.43. The maximum atomic E-state index is 2.41. The van der Waals surface area contributed by atoms with Crippen LogP contribution in [0.4, 0.5) is 0 Å². The first kappa shape index (κ1) is 17.7. The van der Waals surface area contributed by atoms with Crippen molar-refractivity contribution in [2.24, 2.45) is 0 Å². The Bertz CT molecular complexity index is 659. The summed E-state index contributed by atoms with van der Waals surface area (Å²) in [5.41, 5.74) is 5.86. The normalized spacial score (nSPS) is 21.5. The predicted octanol–water partition coefficient (Wildman–Crippen LogP) is -1.05. The summed E-state index contributed by atoms with van der Waals surface area (Å²) in [6, 6.07) is 17.7. The maximum absolute atomic E-state index is 2.41. The number of hydrogen-bond acceptors (Lipinski definition) is 0. The molecule has 4 rings (SSSR count). The van der Waals surface area contributed by atoms with Crippen LogP contribution in [0.25, 0.3) is 12.2 Å². The van der Waals surface area contributed by atoms with Crippen molar-refractivity contribution < 1.29 is 49.2 Å². The molecule has 0 aliphatic heterocycles. The molecule has 0 radical (unpaired) electrons. The fourth-order valence-electron chi connectivity index (χ4n) is 3.40. The van der Waals surface area contributed by atoms with Crippen LogP contribution in [0.3, 0.4) is 0 Å². The molecule has 0 aromatic heterocycles. The van der Waals surface area contributed by atoms with Crippen LogP contribution in [0.2, 0.25) is 3.67 Å². The van der Waals surface area contributed by atoms with Gasteiger partial charge in [-0.3, -0.25) is 0 Å². The third-order valence-corrected chi connectivity index (χ3v) is 7.03. The first-order valence-electron chi connectivity index (χ1n) is 7.10. The van der Waals surface area contributed by atoms with Gasteiger partial charge in [-0.15, -0.1) is 0 Å². The van der Waals surface area contributed by atoms with Gasteiger partial charge in [0.05, 0.1) is 0 Å². The van der Waals surface area contributed by atoms with Gasteiger partial charge in [-0.2, -0.15) is 0 Å². The molecule has 3 heteroatoms. The second-order valence-corrected chi connectivity index (χ2v) is 7.95. The zero-order valence-corrected chi connectivity index (χ0v) is 17.0. The Morgan fingerprint density at radius 2 is 1.09 bits per heavy atom. The molecule has 22 heavy (non-hydrogen) atoms. The van der Waals surface area contributed by atoms with Crippen LogP contribution in [0, 0.1) is 0 Å². The molecular weight excluding hydrogens is 478 g/mol. The molecule has 0 heterocycles. The minimum atomic E-state index is 0. The summed E-state index contributed by atoms with van der Waals surface area (Å²) >= 11 is 1.21. The first-order valence-corrected chi connectivity index (χ1v) is 9.17. The summed E-state index contributed by atoms with van der Waals surface area (Å²) in [5.74, 6) is 1.19. The van der Waals surface area contributed by atoms with Crippen molar-refractivity contribution in [1.29, 1.82) is 0 Å². The molecule has 0 saturated carbocycles. The quantitative estimate of drug-likeness (QED) is 0.470. The number of benzene rings is 2. The van der Waals surface area contributed by atoms with Crippen LogP contribution in [0.1, 0.15) is 34.1 Å². The van der Waals surface area contributed by atoms with E-state index in [0.717, 1.165) is 3.67 Å². The average molecular weight is 493 g/mol. The molecule has 0 N–H and O–H groups in total. The molecule has 2 unspecified atom stereocenters. The molecule has 2 aromatic rings. The van der Waals surface area contributed by atoms with Gasteiger partial charge >= 0.3 is 135 Å². The molecule has 2 aliphatic carbocycles. The van der Waals surface area contributed by atoms with E-state index in [2.05, 4.69) is 72.8 Å². The Kier molecular flexibility index (Phi) is 5.87. The molecule has 0 fully saturated rings. The Hall–Kier alpha value is -0.630. The molecule has 2 aliphatic rings. The van der Waals surface area contributed by atoms with Gasteiger partial charge in [-0.05, 0) is 0 Å². The van der Waals surface area contributed by atoms with Crippen molar-refractivity contribution in [3.8, 4) is 0 Å². The van der Waals surface area contributed by atoms with Gasteiger partial charge in [0.1, 0.15) is 0 Å². The van der Waals surface area contributed by atoms with Crippen LogP contribution in [0.5, 0.6) is 0 Å². The Morgan fingerprint density at radius 1 is 0.682 bits per heavy atom. The summed E-state index contributed by atoms with van der Waals surface area (Å²) < 4.78 is 0.731. The molecule has 0 spiro atoms. The van der Waals surface area contributed by atoms with E-state index < -0.39 is 0 Å². The van der Waals surface area contributed by atoms with Crippen LogP contribution in [0.15, 0.2) is 60.7 Å². The first-order chi connectivity index (χ1) is 9.84. The van der Waals surface area contributed by atoms with Gasteiger partial charge in [-0.1, -0.05) is 0 Å². The number of rotatable bonds is 2. The third-order valence-electron chi connectivity index (χ3n) is 4.45. The van der Waals surface area contributed by atoms with Gasteiger partial charge in [0.25, 0.3) is 0 Å². The fourth-order valence-corrected chi connectivity index (χ4v) is 5.49. The number of allylic oxidation sites excluding steroid dienone is 2. The van der Waals surface area contributed by atoms with Crippen LogP contribution in [-0.4, -0.2) is 0 Å². The van der Waals surface area contributed by atoms with Crippen molar-refractivity contribution in [1.82, 2.24) is 0 Å². The van der Waals surface area contributed by atoms with Crippen LogP contribution >= 0.6 is 0 Å². The van der Waals surface area contributed by atoms with Crippen LogP contribution in [-0.2, 0) is 24.4 Å². The molecule has 0 amide bonds. The summed E-state index contributed by atoms with van der Waals surface area (Å²) in [7, 11) is 0. The van der Waals surface area contributed by atoms with Crippen LogP contribution < -0.4 is 24.8 Å². The zero-order valence-electron chi connectivity index (χ0n) is 11.9. The van der Waals surface area contributed by atoms with E-state index in [9.17, 15) is 0 Å². The average Bonchev–Trinajstić information content (AvgIpc) is 3.11. The minimum absolute atomic E-state index is 0. The molecule has 0 saturated heterocycles. The predicted molar refractivity (Wildman–Crippen MR) is 80.2 cm³/mol. The Balaban J connectivity index is 0.000000882. The SMILES string of the molecule is [Cl-].[Cl-].[Hf+2][CH](C1C=Cc2ccccc21)C1C=Cc2ccccc21. The van der Waals surface area contributed by atoms with E-state index in [1.807, 2.05) is 0 Å². The number of fused-ring (bicyclic) bond motifs is 2. The summed E-state index contributed by atoms with van der Waals surface area (Å²) in [4.78, 5) is 0. The summed E-state index contributed by atoms with van der Waals surface area (Å²) in [5, 5.41) is 0. The standard InChI is InChI=1S/C19H15.2ClH.Hf/c1-3-7-18-14(5-1)9-11-16(18)13-17-12-10-15-6-2-4-8-19(15)17;;;/h1-13,16-17H;2*1H;/q;;;+2/p-2. The van der Waals surface area contributed by atoms with Gasteiger partial charge in [0, 0.05) is 0 Å². The van der Waals surface area contributed by atoms with Crippen molar-refractivity contribution in [2.45, 2.75) is 15.5 Å².